The summed E-state index contributed by atoms with van der Waals surface area (Å²) >= 11 is 0. The number of nitrogens with zero attached hydrogens (tertiary/aromatic N) is 2. The number of anilines is 1. The van der Waals surface area contributed by atoms with E-state index in [9.17, 15) is 27.5 Å². The second-order valence-corrected chi connectivity index (χ2v) is 9.68. The standard InChI is InChI=1S/C28H25F4N3O3.3C2H2/c1-3-24-35-22-9-18(30)13(11-29)6-16(22)26-17-12-33-28(37)27(17)15(8-23(26)35)14-7-19(31)20(32)10-21(14)34(2)25(38-24)4-5-36;3*1-2/h6-10,24-25,36H,3-5,11-12H2,1-2H3,(H,33,37);3*1-2H/t24-,25+;;;/m1.../s1. The van der Waals surface area contributed by atoms with Crippen LogP contribution in [-0.4, -0.2) is 35.5 Å². The van der Waals surface area contributed by atoms with Crippen LogP contribution in [0.15, 0.2) is 30.3 Å². The fourth-order valence-electron chi connectivity index (χ4n) is 5.85. The van der Waals surface area contributed by atoms with Gasteiger partial charge in [-0.1, -0.05) is 6.92 Å². The fourth-order valence-corrected chi connectivity index (χ4v) is 5.85. The predicted octanol–water partition coefficient (Wildman–Crippen LogP) is 6.42. The topological polar surface area (TPSA) is 66.7 Å². The molecule has 0 saturated heterocycles. The van der Waals surface area contributed by atoms with Gasteiger partial charge < -0.3 is 24.6 Å². The van der Waals surface area contributed by atoms with Gasteiger partial charge in [0.25, 0.3) is 5.91 Å². The van der Waals surface area contributed by atoms with Crippen molar-refractivity contribution in [2.75, 3.05) is 18.6 Å². The highest BCUT2D eigenvalue weighted by molar-refractivity contribution is 6.18. The zero-order chi connectivity index (χ0) is 32.9. The number of aliphatic hydroxyl groups is 1. The lowest BCUT2D eigenvalue weighted by atomic mass is 9.91. The first-order chi connectivity index (χ1) is 21.3. The van der Waals surface area contributed by atoms with Crippen molar-refractivity contribution in [2.45, 2.75) is 45.4 Å². The molecule has 3 aromatic carbocycles. The molecule has 228 valence electrons. The Bertz CT molecular complexity index is 1760. The molecule has 1 amide bonds. The number of nitrogens with one attached hydrogen (secondary N) is 1. The first-order valence-corrected chi connectivity index (χ1v) is 13.4. The van der Waals surface area contributed by atoms with E-state index in [4.69, 9.17) is 4.74 Å². The van der Waals surface area contributed by atoms with Crippen molar-refractivity contribution in [3.05, 3.63) is 64.5 Å². The van der Waals surface area contributed by atoms with E-state index in [-0.39, 0.29) is 42.3 Å². The molecule has 0 aliphatic carbocycles. The van der Waals surface area contributed by atoms with Crippen molar-refractivity contribution < 1.29 is 32.2 Å². The van der Waals surface area contributed by atoms with Crippen LogP contribution in [0.3, 0.4) is 0 Å². The third-order valence-corrected chi connectivity index (χ3v) is 7.63. The monoisotopic (exact) mass is 605 g/mol. The number of carbonyl (C=O) groups excluding carboxylic acids is 1. The zero-order valence-electron chi connectivity index (χ0n) is 24.2. The van der Waals surface area contributed by atoms with Gasteiger partial charge in [0.1, 0.15) is 24.9 Å². The van der Waals surface area contributed by atoms with Crippen LogP contribution < -0.4 is 10.2 Å². The Labute approximate surface area is 253 Å². The number of fused-ring (bicyclic) bond motifs is 9. The Morgan fingerprint density at radius 2 is 1.59 bits per heavy atom. The molecule has 44 heavy (non-hydrogen) atoms. The van der Waals surface area contributed by atoms with Crippen LogP contribution in [0.2, 0.25) is 0 Å². The highest BCUT2D eigenvalue weighted by atomic mass is 19.2. The summed E-state index contributed by atoms with van der Waals surface area (Å²) in [6.45, 7) is 0.809. The quantitative estimate of drug-likeness (QED) is 0.208. The number of aliphatic hydroxyl groups excluding tert-OH is 1. The van der Waals surface area contributed by atoms with Crippen LogP contribution in [0.4, 0.5) is 23.2 Å². The Morgan fingerprint density at radius 3 is 2.20 bits per heavy atom. The molecule has 0 unspecified atom stereocenters. The average molecular weight is 606 g/mol. The molecule has 2 aliphatic heterocycles. The molecular formula is C34H31F4N3O3. The molecule has 10 heteroatoms. The van der Waals surface area contributed by atoms with E-state index in [1.807, 2.05) is 11.5 Å². The number of carbonyl (C=O) groups is 1. The van der Waals surface area contributed by atoms with Crippen molar-refractivity contribution >= 4 is 33.4 Å². The SMILES string of the molecule is C#C.C#C.C#C.CC[C@H]1O[C@@H](CCO)N(C)c2cc(F)c(F)cc2-c2cc3c(c4c2C(=O)NC4)c2cc(CF)c(F)cc2n31. The summed E-state index contributed by atoms with van der Waals surface area (Å²) in [6.07, 6.45) is 23.1. The third-order valence-electron chi connectivity index (χ3n) is 7.63. The summed E-state index contributed by atoms with van der Waals surface area (Å²) in [5.41, 5.74) is 2.81. The van der Waals surface area contributed by atoms with E-state index in [0.29, 0.717) is 44.9 Å². The molecule has 1 aromatic heterocycles. The minimum absolute atomic E-state index is 0.106. The highest BCUT2D eigenvalue weighted by Crippen LogP contribution is 2.46. The number of amides is 1. The Hall–Kier alpha value is -4.95. The number of benzene rings is 3. The Balaban J connectivity index is 0.000000832. The van der Waals surface area contributed by atoms with E-state index in [0.717, 1.165) is 12.1 Å². The lowest BCUT2D eigenvalue weighted by molar-refractivity contribution is -0.0586. The van der Waals surface area contributed by atoms with Crippen LogP contribution in [0.1, 0.15) is 47.5 Å². The van der Waals surface area contributed by atoms with Gasteiger partial charge in [-0.3, -0.25) is 4.79 Å². The molecule has 6 rings (SSSR count). The molecule has 2 aliphatic rings. The number of alkyl halides is 1. The van der Waals surface area contributed by atoms with E-state index in [2.05, 4.69) is 43.9 Å². The molecule has 3 heterocycles. The molecule has 0 saturated carbocycles. The van der Waals surface area contributed by atoms with Crippen molar-refractivity contribution in [1.29, 1.82) is 0 Å². The van der Waals surface area contributed by atoms with Crippen molar-refractivity contribution in [3.63, 3.8) is 0 Å². The average Bonchev–Trinajstić information content (AvgIpc) is 3.59. The maximum Gasteiger partial charge on any atom is 0.252 e. The van der Waals surface area contributed by atoms with Crippen molar-refractivity contribution in [3.8, 4) is 49.7 Å². The molecule has 4 aromatic rings. The summed E-state index contributed by atoms with van der Waals surface area (Å²) in [7, 11) is 1.64. The number of halogens is 4. The van der Waals surface area contributed by atoms with Gasteiger partial charge in [-0.15, -0.1) is 38.5 Å². The van der Waals surface area contributed by atoms with E-state index in [1.165, 1.54) is 12.1 Å². The van der Waals surface area contributed by atoms with Crippen LogP contribution in [0.5, 0.6) is 0 Å². The summed E-state index contributed by atoms with van der Waals surface area (Å²) in [4.78, 5) is 14.8. The van der Waals surface area contributed by atoms with E-state index < -0.39 is 36.6 Å². The molecule has 2 atom stereocenters. The van der Waals surface area contributed by atoms with Crippen molar-refractivity contribution in [1.82, 2.24) is 9.88 Å². The molecule has 2 N–H and O–H groups in total. The summed E-state index contributed by atoms with van der Waals surface area (Å²) in [6, 6.07) is 6.55. The number of hydrogen-bond donors (Lipinski definition) is 2. The summed E-state index contributed by atoms with van der Waals surface area (Å²) in [5, 5.41) is 13.8. The van der Waals surface area contributed by atoms with E-state index in [1.54, 1.807) is 18.0 Å². The Kier molecular flexibility index (Phi) is 10.7. The third kappa shape index (κ3) is 5.33. The van der Waals surface area contributed by atoms with Gasteiger partial charge in [0, 0.05) is 60.3 Å². The summed E-state index contributed by atoms with van der Waals surface area (Å²) < 4.78 is 66.2. The first-order valence-electron chi connectivity index (χ1n) is 13.4. The van der Waals surface area contributed by atoms with Crippen LogP contribution in [0.25, 0.3) is 32.9 Å². The van der Waals surface area contributed by atoms with Crippen LogP contribution >= 0.6 is 0 Å². The maximum atomic E-state index is 14.9. The minimum Gasteiger partial charge on any atom is -0.396 e. The lowest BCUT2D eigenvalue weighted by Crippen LogP contribution is -2.37. The Morgan fingerprint density at radius 1 is 0.932 bits per heavy atom. The van der Waals surface area contributed by atoms with Gasteiger partial charge in [-0.2, -0.15) is 0 Å². The summed E-state index contributed by atoms with van der Waals surface area (Å²) in [5.74, 6) is -3.23. The molecule has 0 fully saturated rings. The number of aromatic nitrogens is 1. The lowest BCUT2D eigenvalue weighted by Gasteiger charge is -2.36. The number of ether oxygens (including phenoxy) is 1. The van der Waals surface area contributed by atoms with Crippen LogP contribution in [-0.2, 0) is 18.0 Å². The van der Waals surface area contributed by atoms with E-state index >= 15 is 0 Å². The second kappa shape index (κ2) is 14.0. The molecule has 2 bridgehead atoms. The minimum atomic E-state index is -1.08. The van der Waals surface area contributed by atoms with Gasteiger partial charge in [0.05, 0.1) is 16.6 Å². The molecule has 6 nitrogen and oxygen atoms in total. The van der Waals surface area contributed by atoms with Crippen LogP contribution in [0, 0.1) is 56.0 Å². The van der Waals surface area contributed by atoms with Gasteiger partial charge in [-0.25, -0.2) is 17.6 Å². The predicted molar refractivity (Wildman–Crippen MR) is 165 cm³/mol. The number of hydrogen-bond acceptors (Lipinski definition) is 4. The highest BCUT2D eigenvalue weighted by Gasteiger charge is 2.34. The molecule has 0 spiro atoms. The molecular weight excluding hydrogens is 574 g/mol. The molecule has 0 radical (unpaired) electrons. The van der Waals surface area contributed by atoms with Gasteiger partial charge >= 0.3 is 0 Å². The normalized spacial score (nSPS) is 16.4. The maximum absolute atomic E-state index is 14.9. The van der Waals surface area contributed by atoms with Gasteiger partial charge in [0.2, 0.25) is 0 Å². The van der Waals surface area contributed by atoms with Gasteiger partial charge in [0.15, 0.2) is 11.6 Å². The van der Waals surface area contributed by atoms with Crippen molar-refractivity contribution in [2.24, 2.45) is 0 Å². The number of terminal acetylenes is 3. The fraction of sp³-hybridized carbons (Fsp3) is 0.265. The number of rotatable bonds is 4. The first kappa shape index (κ1) is 33.6. The second-order valence-electron chi connectivity index (χ2n) is 9.68. The largest absolute Gasteiger partial charge is 0.396 e. The smallest absolute Gasteiger partial charge is 0.252 e. The zero-order valence-corrected chi connectivity index (χ0v) is 24.2. The van der Waals surface area contributed by atoms with Gasteiger partial charge in [-0.05, 0) is 41.8 Å².